The highest BCUT2D eigenvalue weighted by Crippen LogP contribution is 2.02. The van der Waals surface area contributed by atoms with Gasteiger partial charge in [-0.05, 0) is 6.42 Å². The van der Waals surface area contributed by atoms with Gasteiger partial charge in [-0.3, -0.25) is 0 Å². The SMILES string of the molecule is CCC1CNCC(I)N1. The standard InChI is InChI=1S/C6H13IN2/c1-2-5-3-8-4-6(7)9-5/h5-6,8-9H,2-4H2,1H3. The van der Waals surface area contributed by atoms with Crippen LogP contribution in [0.4, 0.5) is 0 Å². The summed E-state index contributed by atoms with van der Waals surface area (Å²) in [6, 6.07) is 0.695. The van der Waals surface area contributed by atoms with E-state index < -0.39 is 0 Å². The van der Waals surface area contributed by atoms with Gasteiger partial charge in [-0.25, -0.2) is 0 Å². The van der Waals surface area contributed by atoms with Gasteiger partial charge in [-0.1, -0.05) is 29.5 Å². The van der Waals surface area contributed by atoms with Gasteiger partial charge in [-0.15, -0.1) is 0 Å². The molecule has 0 aromatic heterocycles. The number of hydrogen-bond donors (Lipinski definition) is 2. The molecule has 1 aliphatic rings. The summed E-state index contributed by atoms with van der Waals surface area (Å²) in [5, 5.41) is 6.86. The molecule has 9 heavy (non-hydrogen) atoms. The molecule has 2 atom stereocenters. The third-order valence-electron chi connectivity index (χ3n) is 1.62. The average Bonchev–Trinajstić information content (AvgIpc) is 1.88. The third-order valence-corrected chi connectivity index (χ3v) is 2.42. The van der Waals surface area contributed by atoms with Crippen LogP contribution in [0.1, 0.15) is 13.3 Å². The molecule has 0 aromatic carbocycles. The zero-order valence-electron chi connectivity index (χ0n) is 5.65. The lowest BCUT2D eigenvalue weighted by molar-refractivity contribution is 0.400. The van der Waals surface area contributed by atoms with Crippen molar-refractivity contribution in [2.75, 3.05) is 13.1 Å². The lowest BCUT2D eigenvalue weighted by atomic mass is 10.2. The van der Waals surface area contributed by atoms with Gasteiger partial charge in [0, 0.05) is 19.1 Å². The van der Waals surface area contributed by atoms with Crippen molar-refractivity contribution in [3.8, 4) is 0 Å². The Labute approximate surface area is 69.9 Å². The summed E-state index contributed by atoms with van der Waals surface area (Å²) in [5.74, 6) is 0. The molecule has 2 N–H and O–H groups in total. The fraction of sp³-hybridized carbons (Fsp3) is 1.00. The molecule has 0 aliphatic carbocycles. The molecule has 1 aliphatic heterocycles. The van der Waals surface area contributed by atoms with Gasteiger partial charge in [0.05, 0.1) is 4.05 Å². The summed E-state index contributed by atoms with van der Waals surface area (Å²) < 4.78 is 0.626. The summed E-state index contributed by atoms with van der Waals surface area (Å²) in [5.41, 5.74) is 0. The van der Waals surface area contributed by atoms with Crippen LogP contribution in [0.15, 0.2) is 0 Å². The van der Waals surface area contributed by atoms with E-state index in [9.17, 15) is 0 Å². The number of hydrogen-bond acceptors (Lipinski definition) is 2. The maximum atomic E-state index is 3.49. The van der Waals surface area contributed by atoms with Gasteiger partial charge < -0.3 is 10.6 Å². The minimum Gasteiger partial charge on any atom is -0.313 e. The molecule has 2 nitrogen and oxygen atoms in total. The van der Waals surface area contributed by atoms with E-state index in [2.05, 4.69) is 40.1 Å². The van der Waals surface area contributed by atoms with Crippen LogP contribution in [0, 0.1) is 0 Å². The highest BCUT2D eigenvalue weighted by atomic mass is 127. The molecule has 54 valence electrons. The molecule has 0 saturated carbocycles. The fourth-order valence-electron chi connectivity index (χ4n) is 1.02. The van der Waals surface area contributed by atoms with E-state index in [1.807, 2.05) is 0 Å². The van der Waals surface area contributed by atoms with Crippen LogP contribution in [0.25, 0.3) is 0 Å². The Morgan fingerprint density at radius 2 is 2.33 bits per heavy atom. The van der Waals surface area contributed by atoms with Crippen molar-refractivity contribution in [3.63, 3.8) is 0 Å². The van der Waals surface area contributed by atoms with Crippen molar-refractivity contribution in [2.45, 2.75) is 23.4 Å². The number of alkyl halides is 1. The molecular formula is C6H13IN2. The summed E-state index contributed by atoms with van der Waals surface area (Å²) in [4.78, 5) is 0. The Morgan fingerprint density at radius 3 is 2.78 bits per heavy atom. The Hall–Kier alpha value is 0.650. The van der Waals surface area contributed by atoms with Crippen molar-refractivity contribution in [1.29, 1.82) is 0 Å². The number of nitrogens with one attached hydrogen (secondary N) is 2. The van der Waals surface area contributed by atoms with Crippen LogP contribution in [0.2, 0.25) is 0 Å². The minimum absolute atomic E-state index is 0.626. The highest BCUT2D eigenvalue weighted by Gasteiger charge is 2.15. The van der Waals surface area contributed by atoms with E-state index in [0.29, 0.717) is 10.1 Å². The molecule has 1 rings (SSSR count). The largest absolute Gasteiger partial charge is 0.313 e. The first-order valence-corrected chi connectivity index (χ1v) is 4.68. The van der Waals surface area contributed by atoms with E-state index in [1.165, 1.54) is 6.42 Å². The zero-order chi connectivity index (χ0) is 6.69. The molecule has 0 aromatic rings. The van der Waals surface area contributed by atoms with Crippen molar-refractivity contribution in [3.05, 3.63) is 0 Å². The van der Waals surface area contributed by atoms with Gasteiger partial charge in [-0.2, -0.15) is 0 Å². The Balaban J connectivity index is 2.23. The second kappa shape index (κ2) is 3.73. The molecule has 0 amide bonds. The number of piperazine rings is 1. The quantitative estimate of drug-likeness (QED) is 0.401. The maximum absolute atomic E-state index is 3.49. The van der Waals surface area contributed by atoms with Crippen molar-refractivity contribution in [2.24, 2.45) is 0 Å². The van der Waals surface area contributed by atoms with Crippen LogP contribution in [0.5, 0.6) is 0 Å². The first-order chi connectivity index (χ1) is 4.33. The van der Waals surface area contributed by atoms with Crippen LogP contribution in [-0.2, 0) is 0 Å². The van der Waals surface area contributed by atoms with E-state index in [1.54, 1.807) is 0 Å². The summed E-state index contributed by atoms with van der Waals surface area (Å²) in [6.45, 7) is 4.46. The molecule has 0 spiro atoms. The normalized spacial score (nSPS) is 36.7. The maximum Gasteiger partial charge on any atom is 0.0722 e. The summed E-state index contributed by atoms with van der Waals surface area (Å²) >= 11 is 2.42. The topological polar surface area (TPSA) is 24.1 Å². The summed E-state index contributed by atoms with van der Waals surface area (Å²) in [7, 11) is 0. The van der Waals surface area contributed by atoms with Gasteiger partial charge in [0.2, 0.25) is 0 Å². The average molecular weight is 240 g/mol. The Morgan fingerprint density at radius 1 is 1.56 bits per heavy atom. The number of rotatable bonds is 1. The van der Waals surface area contributed by atoms with Crippen molar-refractivity contribution in [1.82, 2.24) is 10.6 Å². The molecular weight excluding hydrogens is 227 g/mol. The monoisotopic (exact) mass is 240 g/mol. The third kappa shape index (κ3) is 2.39. The molecule has 0 bridgehead atoms. The Kier molecular flexibility index (Phi) is 3.21. The van der Waals surface area contributed by atoms with E-state index in [0.717, 1.165) is 13.1 Å². The van der Waals surface area contributed by atoms with Crippen molar-refractivity contribution < 1.29 is 0 Å². The first kappa shape index (κ1) is 7.75. The number of halogens is 1. The van der Waals surface area contributed by atoms with Crippen LogP contribution in [-0.4, -0.2) is 23.2 Å². The molecule has 1 fully saturated rings. The molecule has 0 radical (unpaired) electrons. The highest BCUT2D eigenvalue weighted by molar-refractivity contribution is 14.1. The second-order valence-electron chi connectivity index (χ2n) is 2.40. The van der Waals surface area contributed by atoms with E-state index in [-0.39, 0.29) is 0 Å². The van der Waals surface area contributed by atoms with Gasteiger partial charge in [0.1, 0.15) is 0 Å². The van der Waals surface area contributed by atoms with Gasteiger partial charge >= 0.3 is 0 Å². The molecule has 3 heteroatoms. The van der Waals surface area contributed by atoms with E-state index in [4.69, 9.17) is 0 Å². The van der Waals surface area contributed by atoms with Crippen molar-refractivity contribution >= 4 is 22.6 Å². The fourth-order valence-corrected chi connectivity index (χ4v) is 1.84. The molecule has 2 unspecified atom stereocenters. The van der Waals surface area contributed by atoms with Crippen LogP contribution < -0.4 is 10.6 Å². The van der Waals surface area contributed by atoms with Gasteiger partial charge in [0.25, 0.3) is 0 Å². The van der Waals surface area contributed by atoms with E-state index >= 15 is 0 Å². The molecule has 1 heterocycles. The zero-order valence-corrected chi connectivity index (χ0v) is 7.81. The second-order valence-corrected chi connectivity index (χ2v) is 3.90. The smallest absolute Gasteiger partial charge is 0.0722 e. The predicted molar refractivity (Wildman–Crippen MR) is 47.9 cm³/mol. The first-order valence-electron chi connectivity index (χ1n) is 3.43. The lowest BCUT2D eigenvalue weighted by Crippen LogP contribution is -2.51. The Bertz CT molecular complexity index is 87.1. The lowest BCUT2D eigenvalue weighted by Gasteiger charge is -2.27. The predicted octanol–water partition coefficient (Wildman–Crippen LogP) is 0.719. The van der Waals surface area contributed by atoms with Gasteiger partial charge in [0.15, 0.2) is 0 Å². The van der Waals surface area contributed by atoms with Crippen LogP contribution in [0.3, 0.4) is 0 Å². The summed E-state index contributed by atoms with van der Waals surface area (Å²) in [6.07, 6.45) is 1.23. The van der Waals surface area contributed by atoms with Crippen LogP contribution >= 0.6 is 22.6 Å². The molecule has 1 saturated heterocycles. The minimum atomic E-state index is 0.626.